The molecule has 0 saturated heterocycles. The first-order valence-electron chi connectivity index (χ1n) is 6.51. The van der Waals surface area contributed by atoms with Gasteiger partial charge in [-0.15, -0.1) is 0 Å². The van der Waals surface area contributed by atoms with E-state index in [2.05, 4.69) is 0 Å². The molecule has 0 spiro atoms. The fraction of sp³-hybridized carbons (Fsp3) is 0.118. The molecule has 0 saturated carbocycles. The summed E-state index contributed by atoms with van der Waals surface area (Å²) in [7, 11) is 1.57. The fourth-order valence-electron chi connectivity index (χ4n) is 1.81. The standard InChI is InChI=1S/C17H14Cl2O3/c1-21-15-8-4-12(5-9-17(19)20)10-16(15)22-11-13-2-6-14(18)7-3-13/h2-10H,11H2,1H3/b9-5+. The predicted octanol–water partition coefficient (Wildman–Crippen LogP) is 4.71. The van der Waals surface area contributed by atoms with E-state index in [0.29, 0.717) is 23.1 Å². The lowest BCUT2D eigenvalue weighted by atomic mass is 10.2. The number of rotatable bonds is 6. The van der Waals surface area contributed by atoms with Gasteiger partial charge in [0.1, 0.15) is 6.61 Å². The minimum atomic E-state index is -0.528. The third kappa shape index (κ3) is 4.79. The number of benzene rings is 2. The van der Waals surface area contributed by atoms with Gasteiger partial charge in [-0.05, 0) is 53.1 Å². The van der Waals surface area contributed by atoms with Gasteiger partial charge in [-0.3, -0.25) is 4.79 Å². The Kier molecular flexibility index (Phi) is 5.87. The lowest BCUT2D eigenvalue weighted by Crippen LogP contribution is -1.98. The number of halogens is 2. The van der Waals surface area contributed by atoms with Crippen molar-refractivity contribution in [3.05, 3.63) is 64.7 Å². The van der Waals surface area contributed by atoms with Crippen molar-refractivity contribution in [2.45, 2.75) is 6.61 Å². The first-order chi connectivity index (χ1) is 10.6. The molecule has 2 rings (SSSR count). The smallest absolute Gasteiger partial charge is 0.245 e. The molecule has 0 heterocycles. The Hall–Kier alpha value is -1.97. The van der Waals surface area contributed by atoms with Crippen molar-refractivity contribution >= 4 is 34.5 Å². The Morgan fingerprint density at radius 1 is 1.14 bits per heavy atom. The number of methoxy groups -OCH3 is 1. The number of ether oxygens (including phenoxy) is 2. The van der Waals surface area contributed by atoms with Crippen LogP contribution in [0.2, 0.25) is 5.02 Å². The van der Waals surface area contributed by atoms with Crippen LogP contribution in [-0.2, 0) is 11.4 Å². The summed E-state index contributed by atoms with van der Waals surface area (Å²) >= 11 is 11.1. The summed E-state index contributed by atoms with van der Waals surface area (Å²) in [4.78, 5) is 10.8. The number of carbonyl (C=O) groups is 1. The maximum absolute atomic E-state index is 10.8. The molecular formula is C17H14Cl2O3. The number of hydrogen-bond donors (Lipinski definition) is 0. The van der Waals surface area contributed by atoms with Crippen molar-refractivity contribution < 1.29 is 14.3 Å². The molecule has 0 aliphatic rings. The average molecular weight is 337 g/mol. The lowest BCUT2D eigenvalue weighted by molar-refractivity contribution is -0.107. The highest BCUT2D eigenvalue weighted by molar-refractivity contribution is 6.66. The Labute approximate surface area is 139 Å². The SMILES string of the molecule is COc1ccc(/C=C/C(=O)Cl)cc1OCc1ccc(Cl)cc1. The van der Waals surface area contributed by atoms with E-state index in [1.165, 1.54) is 6.08 Å². The fourth-order valence-corrected chi connectivity index (χ4v) is 2.00. The molecule has 114 valence electrons. The lowest BCUT2D eigenvalue weighted by Gasteiger charge is -2.11. The van der Waals surface area contributed by atoms with E-state index >= 15 is 0 Å². The molecule has 0 unspecified atom stereocenters. The monoisotopic (exact) mass is 336 g/mol. The van der Waals surface area contributed by atoms with E-state index in [1.807, 2.05) is 30.3 Å². The summed E-state index contributed by atoms with van der Waals surface area (Å²) in [6, 6.07) is 12.8. The van der Waals surface area contributed by atoms with Crippen LogP contribution in [0.25, 0.3) is 6.08 Å². The Morgan fingerprint density at radius 3 is 2.50 bits per heavy atom. The largest absolute Gasteiger partial charge is 0.493 e. The van der Waals surface area contributed by atoms with Crippen LogP contribution < -0.4 is 9.47 Å². The van der Waals surface area contributed by atoms with Gasteiger partial charge in [0, 0.05) is 5.02 Å². The molecule has 5 heteroatoms. The van der Waals surface area contributed by atoms with Crippen LogP contribution in [0.4, 0.5) is 0 Å². The minimum absolute atomic E-state index is 0.384. The molecule has 0 N–H and O–H groups in total. The molecule has 2 aromatic carbocycles. The summed E-state index contributed by atoms with van der Waals surface area (Å²) in [6.07, 6.45) is 2.90. The molecule has 0 bridgehead atoms. The maximum atomic E-state index is 10.8. The van der Waals surface area contributed by atoms with Gasteiger partial charge in [-0.2, -0.15) is 0 Å². The molecule has 0 aliphatic heterocycles. The molecule has 0 atom stereocenters. The first-order valence-corrected chi connectivity index (χ1v) is 7.27. The van der Waals surface area contributed by atoms with E-state index in [9.17, 15) is 4.79 Å². The predicted molar refractivity (Wildman–Crippen MR) is 88.7 cm³/mol. The summed E-state index contributed by atoms with van der Waals surface area (Å²) in [5.41, 5.74) is 1.78. The highest BCUT2D eigenvalue weighted by Crippen LogP contribution is 2.29. The van der Waals surface area contributed by atoms with Crippen molar-refractivity contribution in [3.63, 3.8) is 0 Å². The second-order valence-corrected chi connectivity index (χ2v) is 5.27. The minimum Gasteiger partial charge on any atom is -0.493 e. The number of carbonyl (C=O) groups excluding carboxylic acids is 1. The zero-order chi connectivity index (χ0) is 15.9. The summed E-state index contributed by atoms with van der Waals surface area (Å²) in [6.45, 7) is 0.384. The Morgan fingerprint density at radius 2 is 1.86 bits per heavy atom. The van der Waals surface area contributed by atoms with E-state index < -0.39 is 5.24 Å². The Balaban J connectivity index is 2.15. The van der Waals surface area contributed by atoms with Crippen LogP contribution in [-0.4, -0.2) is 12.4 Å². The highest BCUT2D eigenvalue weighted by Gasteiger charge is 2.05. The van der Waals surface area contributed by atoms with Crippen molar-refractivity contribution in [1.82, 2.24) is 0 Å². The molecule has 22 heavy (non-hydrogen) atoms. The van der Waals surface area contributed by atoms with E-state index in [-0.39, 0.29) is 0 Å². The van der Waals surface area contributed by atoms with Gasteiger partial charge in [0.15, 0.2) is 11.5 Å². The van der Waals surface area contributed by atoms with Gasteiger partial charge in [0.25, 0.3) is 0 Å². The zero-order valence-electron chi connectivity index (χ0n) is 11.9. The average Bonchev–Trinajstić information content (AvgIpc) is 2.52. The quantitative estimate of drug-likeness (QED) is 0.566. The van der Waals surface area contributed by atoms with Gasteiger partial charge in [0.2, 0.25) is 5.24 Å². The normalized spacial score (nSPS) is 10.7. The molecular weight excluding hydrogens is 323 g/mol. The summed E-state index contributed by atoms with van der Waals surface area (Å²) in [5, 5.41) is 0.152. The van der Waals surface area contributed by atoms with Crippen LogP contribution in [0.5, 0.6) is 11.5 Å². The van der Waals surface area contributed by atoms with E-state index in [0.717, 1.165) is 11.1 Å². The van der Waals surface area contributed by atoms with Crippen LogP contribution in [0, 0.1) is 0 Å². The van der Waals surface area contributed by atoms with Crippen LogP contribution >= 0.6 is 23.2 Å². The summed E-state index contributed by atoms with van der Waals surface area (Å²) in [5.74, 6) is 1.20. The topological polar surface area (TPSA) is 35.5 Å². The summed E-state index contributed by atoms with van der Waals surface area (Å²) < 4.78 is 11.1. The third-order valence-corrected chi connectivity index (χ3v) is 3.28. The van der Waals surface area contributed by atoms with Gasteiger partial charge in [0.05, 0.1) is 7.11 Å². The first kappa shape index (κ1) is 16.4. The van der Waals surface area contributed by atoms with Gasteiger partial charge < -0.3 is 9.47 Å². The molecule has 0 amide bonds. The number of allylic oxidation sites excluding steroid dienone is 1. The van der Waals surface area contributed by atoms with Crippen LogP contribution in [0.1, 0.15) is 11.1 Å². The molecule has 0 fully saturated rings. The zero-order valence-corrected chi connectivity index (χ0v) is 13.4. The van der Waals surface area contributed by atoms with Gasteiger partial charge in [-0.25, -0.2) is 0 Å². The van der Waals surface area contributed by atoms with Gasteiger partial charge in [-0.1, -0.05) is 35.9 Å². The van der Waals surface area contributed by atoms with Crippen LogP contribution in [0.15, 0.2) is 48.5 Å². The second kappa shape index (κ2) is 7.87. The van der Waals surface area contributed by atoms with E-state index in [1.54, 1.807) is 25.3 Å². The Bertz CT molecular complexity index is 679. The molecule has 0 aromatic heterocycles. The molecule has 3 nitrogen and oxygen atoms in total. The number of hydrogen-bond acceptors (Lipinski definition) is 3. The van der Waals surface area contributed by atoms with Crippen LogP contribution in [0.3, 0.4) is 0 Å². The molecule has 0 radical (unpaired) electrons. The van der Waals surface area contributed by atoms with Crippen molar-refractivity contribution in [2.24, 2.45) is 0 Å². The highest BCUT2D eigenvalue weighted by atomic mass is 35.5. The molecule has 0 aliphatic carbocycles. The second-order valence-electron chi connectivity index (χ2n) is 4.46. The third-order valence-electron chi connectivity index (χ3n) is 2.90. The van der Waals surface area contributed by atoms with Gasteiger partial charge >= 0.3 is 0 Å². The van der Waals surface area contributed by atoms with Crippen molar-refractivity contribution in [1.29, 1.82) is 0 Å². The maximum Gasteiger partial charge on any atom is 0.245 e. The van der Waals surface area contributed by atoms with Crippen molar-refractivity contribution in [2.75, 3.05) is 7.11 Å². The van der Waals surface area contributed by atoms with Crippen molar-refractivity contribution in [3.8, 4) is 11.5 Å². The van der Waals surface area contributed by atoms with E-state index in [4.69, 9.17) is 32.7 Å². The molecule has 2 aromatic rings.